The van der Waals surface area contributed by atoms with Crippen LogP contribution >= 0.6 is 23.1 Å². The molecule has 1 saturated carbocycles. The van der Waals surface area contributed by atoms with Crippen molar-refractivity contribution in [3.63, 3.8) is 0 Å². The molecule has 0 amide bonds. The summed E-state index contributed by atoms with van der Waals surface area (Å²) in [5, 5.41) is 3.06. The smallest absolute Gasteiger partial charge is 0.241 e. The van der Waals surface area contributed by atoms with Crippen LogP contribution in [0.3, 0.4) is 0 Å². The molecule has 4 nitrogen and oxygen atoms in total. The van der Waals surface area contributed by atoms with Crippen molar-refractivity contribution in [1.29, 1.82) is 0 Å². The lowest BCUT2D eigenvalue weighted by molar-refractivity contribution is 0.551. The van der Waals surface area contributed by atoms with E-state index in [0.29, 0.717) is 18.0 Å². The van der Waals surface area contributed by atoms with Gasteiger partial charge in [0.05, 0.1) is 4.90 Å². The zero-order valence-corrected chi connectivity index (χ0v) is 15.3. The van der Waals surface area contributed by atoms with Gasteiger partial charge in [-0.2, -0.15) is 11.8 Å². The van der Waals surface area contributed by atoms with Crippen molar-refractivity contribution in [3.05, 3.63) is 15.8 Å². The molecular weight excluding hydrogens is 324 g/mol. The molecule has 0 radical (unpaired) electrons. The van der Waals surface area contributed by atoms with E-state index in [9.17, 15) is 8.42 Å². The third-order valence-corrected chi connectivity index (χ3v) is 8.22. The van der Waals surface area contributed by atoms with Crippen LogP contribution in [0.4, 0.5) is 0 Å². The Morgan fingerprint density at radius 1 is 1.38 bits per heavy atom. The Hall–Kier alpha value is -0.0800. The van der Waals surface area contributed by atoms with Gasteiger partial charge in [-0.1, -0.05) is 12.8 Å². The number of sulfonamides is 1. The van der Waals surface area contributed by atoms with E-state index in [1.165, 1.54) is 12.8 Å². The Kier molecular flexibility index (Phi) is 5.76. The van der Waals surface area contributed by atoms with Crippen LogP contribution in [-0.4, -0.2) is 33.0 Å². The van der Waals surface area contributed by atoms with E-state index in [2.05, 4.69) is 16.3 Å². The fourth-order valence-corrected chi connectivity index (χ4v) is 6.61. The molecule has 0 aliphatic heterocycles. The average molecular weight is 349 g/mol. The highest BCUT2D eigenvalue weighted by Gasteiger charge is 2.34. The van der Waals surface area contributed by atoms with Crippen LogP contribution in [0.25, 0.3) is 0 Å². The molecule has 0 aromatic carbocycles. The van der Waals surface area contributed by atoms with Crippen LogP contribution < -0.4 is 10.0 Å². The minimum atomic E-state index is -3.40. The van der Waals surface area contributed by atoms with Crippen LogP contribution in [0.5, 0.6) is 0 Å². The van der Waals surface area contributed by atoms with Crippen LogP contribution in [0, 0.1) is 6.92 Å². The van der Waals surface area contributed by atoms with Crippen LogP contribution in [0.2, 0.25) is 0 Å². The summed E-state index contributed by atoms with van der Waals surface area (Å²) in [4.78, 5) is 2.35. The van der Waals surface area contributed by atoms with Gasteiger partial charge in [-0.15, -0.1) is 11.3 Å². The summed E-state index contributed by atoms with van der Waals surface area (Å²) in [6, 6.07) is 1.79. The van der Waals surface area contributed by atoms with Crippen molar-refractivity contribution >= 4 is 33.1 Å². The van der Waals surface area contributed by atoms with Gasteiger partial charge >= 0.3 is 0 Å². The van der Waals surface area contributed by atoms with Gasteiger partial charge in [0, 0.05) is 27.6 Å². The molecule has 0 saturated heterocycles. The van der Waals surface area contributed by atoms with Crippen LogP contribution in [-0.2, 0) is 16.6 Å². The topological polar surface area (TPSA) is 58.2 Å². The molecule has 1 aromatic rings. The second-order valence-electron chi connectivity index (χ2n) is 5.58. The maximum absolute atomic E-state index is 12.6. The Morgan fingerprint density at radius 2 is 2.05 bits per heavy atom. The second kappa shape index (κ2) is 7.00. The molecule has 7 heteroatoms. The summed E-state index contributed by atoms with van der Waals surface area (Å²) >= 11 is 3.34. The predicted molar refractivity (Wildman–Crippen MR) is 91.7 cm³/mol. The number of rotatable bonds is 7. The predicted octanol–water partition coefficient (Wildman–Crippen LogP) is 2.73. The summed E-state index contributed by atoms with van der Waals surface area (Å²) in [6.07, 6.45) is 6.69. The summed E-state index contributed by atoms with van der Waals surface area (Å²) in [5.41, 5.74) is 0. The van der Waals surface area contributed by atoms with Gasteiger partial charge < -0.3 is 5.32 Å². The third kappa shape index (κ3) is 4.01. The first-order chi connectivity index (χ1) is 9.92. The number of thiophene rings is 1. The molecule has 1 aliphatic carbocycles. The highest BCUT2D eigenvalue weighted by atomic mass is 32.2. The largest absolute Gasteiger partial charge is 0.315 e. The van der Waals surface area contributed by atoms with Gasteiger partial charge in [-0.3, -0.25) is 0 Å². The summed E-state index contributed by atoms with van der Waals surface area (Å²) in [6.45, 7) is 3.11. The highest BCUT2D eigenvalue weighted by Crippen LogP contribution is 2.40. The van der Waals surface area contributed by atoms with E-state index in [4.69, 9.17) is 0 Å². The van der Waals surface area contributed by atoms with E-state index in [0.717, 1.165) is 22.6 Å². The normalized spacial score (nSPS) is 18.2. The van der Waals surface area contributed by atoms with E-state index < -0.39 is 10.0 Å². The first-order valence-electron chi connectivity index (χ1n) is 7.21. The van der Waals surface area contributed by atoms with Crippen LogP contribution in [0.15, 0.2) is 11.0 Å². The first-order valence-corrected chi connectivity index (χ1v) is 10.7. The number of nitrogens with one attached hydrogen (secondary N) is 2. The van der Waals surface area contributed by atoms with Gasteiger partial charge in [-0.05, 0) is 39.1 Å². The van der Waals surface area contributed by atoms with Gasteiger partial charge in [0.2, 0.25) is 10.0 Å². The quantitative estimate of drug-likeness (QED) is 0.795. The summed E-state index contributed by atoms with van der Waals surface area (Å²) in [7, 11) is -1.54. The van der Waals surface area contributed by atoms with Crippen molar-refractivity contribution in [2.24, 2.45) is 0 Å². The maximum atomic E-state index is 12.6. The molecule has 0 unspecified atom stereocenters. The summed E-state index contributed by atoms with van der Waals surface area (Å²) < 4.78 is 28.0. The number of hydrogen-bond acceptors (Lipinski definition) is 5. The molecule has 1 aliphatic rings. The van der Waals surface area contributed by atoms with Gasteiger partial charge in [0.15, 0.2) is 0 Å². The van der Waals surface area contributed by atoms with Crippen molar-refractivity contribution < 1.29 is 8.42 Å². The number of thioether (sulfide) groups is 1. The molecule has 2 N–H and O–H groups in total. The lowest BCUT2D eigenvalue weighted by Gasteiger charge is -2.26. The molecule has 120 valence electrons. The summed E-state index contributed by atoms with van der Waals surface area (Å²) in [5.74, 6) is 0. The standard InChI is InChI=1S/C14H24N2O2S3/c1-11-13(8-12(20-11)9-15-2)21(17,18)16-10-14(19-3)6-4-5-7-14/h8,15-16H,4-7,9-10H2,1-3H3. The van der Waals surface area contributed by atoms with Crippen molar-refractivity contribution in [2.75, 3.05) is 19.8 Å². The molecular formula is C14H24N2O2S3. The molecule has 0 spiro atoms. The molecule has 1 heterocycles. The number of hydrogen-bond donors (Lipinski definition) is 2. The molecule has 2 rings (SSSR count). The molecule has 0 bridgehead atoms. The van der Waals surface area contributed by atoms with E-state index in [1.807, 2.05) is 14.0 Å². The lowest BCUT2D eigenvalue weighted by Crippen LogP contribution is -2.38. The Labute approximate surface area is 136 Å². The first kappa shape index (κ1) is 17.3. The van der Waals surface area contributed by atoms with Gasteiger partial charge in [0.1, 0.15) is 0 Å². The molecule has 0 atom stereocenters. The highest BCUT2D eigenvalue weighted by molar-refractivity contribution is 8.00. The fourth-order valence-electron chi connectivity index (χ4n) is 2.83. The molecule has 1 aromatic heterocycles. The Morgan fingerprint density at radius 3 is 2.62 bits per heavy atom. The van der Waals surface area contributed by atoms with E-state index >= 15 is 0 Å². The Bertz CT molecular complexity index is 575. The minimum Gasteiger partial charge on any atom is -0.315 e. The molecule has 1 fully saturated rings. The zero-order valence-electron chi connectivity index (χ0n) is 12.9. The van der Waals surface area contributed by atoms with Crippen molar-refractivity contribution in [3.8, 4) is 0 Å². The lowest BCUT2D eigenvalue weighted by atomic mass is 10.1. The molecule has 21 heavy (non-hydrogen) atoms. The van der Waals surface area contributed by atoms with E-state index in [1.54, 1.807) is 29.2 Å². The average Bonchev–Trinajstić information content (AvgIpc) is 3.05. The van der Waals surface area contributed by atoms with E-state index in [-0.39, 0.29) is 4.75 Å². The SMILES string of the molecule is CNCc1cc(S(=O)(=O)NCC2(SC)CCCC2)c(C)s1. The second-order valence-corrected chi connectivity index (χ2v) is 9.93. The van der Waals surface area contributed by atoms with Crippen molar-refractivity contribution in [1.82, 2.24) is 10.0 Å². The van der Waals surface area contributed by atoms with Gasteiger partial charge in [0.25, 0.3) is 0 Å². The maximum Gasteiger partial charge on any atom is 0.241 e. The van der Waals surface area contributed by atoms with Crippen LogP contribution in [0.1, 0.15) is 35.4 Å². The van der Waals surface area contributed by atoms with Crippen molar-refractivity contribution in [2.45, 2.75) is 48.8 Å². The Balaban J connectivity index is 2.11. The number of aryl methyl sites for hydroxylation is 1. The zero-order chi connectivity index (χ0) is 15.5. The monoisotopic (exact) mass is 348 g/mol. The third-order valence-electron chi connectivity index (χ3n) is 4.10. The minimum absolute atomic E-state index is 0.0881. The fraction of sp³-hybridized carbons (Fsp3) is 0.714. The van der Waals surface area contributed by atoms with Gasteiger partial charge in [-0.25, -0.2) is 13.1 Å².